The van der Waals surface area contributed by atoms with E-state index in [4.69, 9.17) is 19.3 Å². The van der Waals surface area contributed by atoms with Crippen LogP contribution in [0, 0.1) is 0 Å². The second-order valence-electron chi connectivity index (χ2n) is 7.94. The van der Waals surface area contributed by atoms with Crippen molar-refractivity contribution in [1.82, 2.24) is 5.32 Å². The second kappa shape index (κ2) is 12.8. The van der Waals surface area contributed by atoms with Gasteiger partial charge in [-0.05, 0) is 48.2 Å². The van der Waals surface area contributed by atoms with Gasteiger partial charge < -0.3 is 19.3 Å². The molecule has 2 aromatic rings. The topological polar surface area (TPSA) is 128 Å². The van der Waals surface area contributed by atoms with Crippen LogP contribution in [-0.2, 0) is 25.5 Å². The van der Waals surface area contributed by atoms with Gasteiger partial charge in [0.2, 0.25) is 5.91 Å². The fraction of sp³-hybridized carbons (Fsp3) is 0.360. The SMILES string of the molecule is COc1ccc(C(COC(=O)CCCC(=O)O)COc2ccc(CC3SC(=O)NC3=O)cc2)cc1. The molecule has 186 valence electrons. The highest BCUT2D eigenvalue weighted by molar-refractivity contribution is 8.15. The zero-order valence-electron chi connectivity index (χ0n) is 19.2. The van der Waals surface area contributed by atoms with Gasteiger partial charge in [0.05, 0.1) is 24.9 Å². The number of imide groups is 1. The average molecular weight is 502 g/mol. The Morgan fingerprint density at radius 3 is 2.29 bits per heavy atom. The van der Waals surface area contributed by atoms with E-state index in [9.17, 15) is 19.2 Å². The third kappa shape index (κ3) is 8.32. The van der Waals surface area contributed by atoms with E-state index >= 15 is 0 Å². The van der Waals surface area contributed by atoms with Gasteiger partial charge in [-0.2, -0.15) is 0 Å². The number of esters is 1. The molecule has 1 aliphatic heterocycles. The van der Waals surface area contributed by atoms with Crippen molar-refractivity contribution < 1.29 is 38.5 Å². The fourth-order valence-electron chi connectivity index (χ4n) is 3.43. The van der Waals surface area contributed by atoms with Crippen LogP contribution in [0.2, 0.25) is 0 Å². The molecule has 1 heterocycles. The number of benzene rings is 2. The monoisotopic (exact) mass is 501 g/mol. The molecule has 0 aromatic heterocycles. The highest BCUT2D eigenvalue weighted by Crippen LogP contribution is 2.25. The molecule has 3 rings (SSSR count). The van der Waals surface area contributed by atoms with Crippen molar-refractivity contribution in [3.8, 4) is 11.5 Å². The van der Waals surface area contributed by atoms with E-state index < -0.39 is 17.2 Å². The van der Waals surface area contributed by atoms with E-state index in [1.807, 2.05) is 36.4 Å². The molecule has 2 unspecified atom stereocenters. The smallest absolute Gasteiger partial charge is 0.305 e. The molecule has 9 nitrogen and oxygen atoms in total. The molecular formula is C25H27NO8S. The Hall–Kier alpha value is -3.53. The van der Waals surface area contributed by atoms with Gasteiger partial charge in [0.1, 0.15) is 18.1 Å². The van der Waals surface area contributed by atoms with Gasteiger partial charge >= 0.3 is 11.9 Å². The van der Waals surface area contributed by atoms with E-state index in [-0.39, 0.29) is 49.5 Å². The Bertz CT molecular complexity index is 1040. The van der Waals surface area contributed by atoms with Gasteiger partial charge in [0.25, 0.3) is 5.24 Å². The zero-order valence-corrected chi connectivity index (χ0v) is 20.0. The summed E-state index contributed by atoms with van der Waals surface area (Å²) in [5, 5.41) is 10.2. The van der Waals surface area contributed by atoms with Crippen LogP contribution in [0.25, 0.3) is 0 Å². The lowest BCUT2D eigenvalue weighted by Crippen LogP contribution is -2.25. The van der Waals surface area contributed by atoms with Crippen molar-refractivity contribution in [3.05, 3.63) is 59.7 Å². The van der Waals surface area contributed by atoms with Gasteiger partial charge in [0.15, 0.2) is 0 Å². The minimum atomic E-state index is -0.952. The van der Waals surface area contributed by atoms with Crippen LogP contribution in [0.4, 0.5) is 4.79 Å². The fourth-order valence-corrected chi connectivity index (χ4v) is 4.29. The largest absolute Gasteiger partial charge is 0.497 e. The van der Waals surface area contributed by atoms with Crippen molar-refractivity contribution in [2.75, 3.05) is 20.3 Å². The molecule has 2 aromatic carbocycles. The average Bonchev–Trinajstić information content (AvgIpc) is 3.16. The lowest BCUT2D eigenvalue weighted by Gasteiger charge is -2.19. The lowest BCUT2D eigenvalue weighted by atomic mass is 10.0. The number of carbonyl (C=O) groups is 4. The summed E-state index contributed by atoms with van der Waals surface area (Å²) in [4.78, 5) is 45.8. The maximum Gasteiger partial charge on any atom is 0.305 e. The lowest BCUT2D eigenvalue weighted by molar-refractivity contribution is -0.144. The summed E-state index contributed by atoms with van der Waals surface area (Å²) >= 11 is 0.991. The van der Waals surface area contributed by atoms with Gasteiger partial charge in [0, 0.05) is 12.8 Å². The molecule has 10 heteroatoms. The number of hydrogen-bond donors (Lipinski definition) is 2. The van der Waals surface area contributed by atoms with Gasteiger partial charge in [-0.3, -0.25) is 24.5 Å². The first-order valence-corrected chi connectivity index (χ1v) is 12.0. The number of thioether (sulfide) groups is 1. The number of nitrogens with one attached hydrogen (secondary N) is 1. The number of aliphatic carboxylic acids is 1. The number of carbonyl (C=O) groups excluding carboxylic acids is 3. The Morgan fingerprint density at radius 1 is 1.00 bits per heavy atom. The zero-order chi connectivity index (χ0) is 25.2. The van der Waals surface area contributed by atoms with Gasteiger partial charge in [-0.15, -0.1) is 0 Å². The predicted octanol–water partition coefficient (Wildman–Crippen LogP) is 3.55. The second-order valence-corrected chi connectivity index (χ2v) is 9.12. The number of carboxylic acids is 1. The van der Waals surface area contributed by atoms with Crippen LogP contribution in [0.1, 0.15) is 36.3 Å². The van der Waals surface area contributed by atoms with Gasteiger partial charge in [-0.25, -0.2) is 0 Å². The normalized spacial score (nSPS) is 15.9. The summed E-state index contributed by atoms with van der Waals surface area (Å²) in [6, 6.07) is 14.6. The molecule has 1 aliphatic rings. The first kappa shape index (κ1) is 26.1. The molecule has 0 aliphatic carbocycles. The van der Waals surface area contributed by atoms with E-state index in [2.05, 4.69) is 5.32 Å². The van der Waals surface area contributed by atoms with Crippen LogP contribution in [0.3, 0.4) is 0 Å². The molecule has 2 atom stereocenters. The Balaban J connectivity index is 1.57. The number of carboxylic acid groups (broad SMARTS) is 1. The molecule has 2 amide bonds. The first-order valence-electron chi connectivity index (χ1n) is 11.1. The van der Waals surface area contributed by atoms with Crippen molar-refractivity contribution in [2.24, 2.45) is 0 Å². The van der Waals surface area contributed by atoms with Crippen molar-refractivity contribution in [2.45, 2.75) is 36.9 Å². The van der Waals surface area contributed by atoms with E-state index in [1.54, 1.807) is 19.2 Å². The molecule has 0 spiro atoms. The number of ether oxygens (including phenoxy) is 3. The highest BCUT2D eigenvalue weighted by Gasteiger charge is 2.31. The summed E-state index contributed by atoms with van der Waals surface area (Å²) < 4.78 is 16.5. The van der Waals surface area contributed by atoms with Crippen LogP contribution >= 0.6 is 11.8 Å². The van der Waals surface area contributed by atoms with Crippen molar-refractivity contribution in [1.29, 1.82) is 0 Å². The van der Waals surface area contributed by atoms with E-state index in [0.29, 0.717) is 17.9 Å². The number of methoxy groups -OCH3 is 1. The molecule has 1 saturated heterocycles. The van der Waals surface area contributed by atoms with Crippen LogP contribution < -0.4 is 14.8 Å². The van der Waals surface area contributed by atoms with Crippen LogP contribution in [-0.4, -0.2) is 53.8 Å². The summed E-state index contributed by atoms with van der Waals surface area (Å²) in [7, 11) is 1.58. The van der Waals surface area contributed by atoms with E-state index in [0.717, 1.165) is 22.9 Å². The Morgan fingerprint density at radius 2 is 1.69 bits per heavy atom. The minimum Gasteiger partial charge on any atom is -0.497 e. The Labute approximate surface area is 207 Å². The minimum absolute atomic E-state index is 0.0346. The molecule has 0 saturated carbocycles. The number of rotatable bonds is 13. The molecular weight excluding hydrogens is 474 g/mol. The van der Waals surface area contributed by atoms with Crippen molar-refractivity contribution in [3.63, 3.8) is 0 Å². The third-order valence-corrected chi connectivity index (χ3v) is 6.35. The van der Waals surface area contributed by atoms with Gasteiger partial charge in [-0.1, -0.05) is 36.0 Å². The van der Waals surface area contributed by atoms with Crippen LogP contribution in [0.15, 0.2) is 48.5 Å². The number of amides is 2. The summed E-state index contributed by atoms with van der Waals surface area (Å²) in [5.41, 5.74) is 1.80. The predicted molar refractivity (Wildman–Crippen MR) is 129 cm³/mol. The molecule has 0 radical (unpaired) electrons. The van der Waals surface area contributed by atoms with Crippen molar-refractivity contribution >= 4 is 34.8 Å². The molecule has 0 bridgehead atoms. The maximum absolute atomic E-state index is 12.0. The highest BCUT2D eigenvalue weighted by atomic mass is 32.2. The summed E-state index contributed by atoms with van der Waals surface area (Å²) in [6.07, 6.45) is 0.609. The molecule has 1 fully saturated rings. The Kier molecular flexibility index (Phi) is 9.54. The standard InChI is InChI=1S/C25H27NO8S/c1-32-19-11-7-17(8-12-19)18(15-34-23(29)4-2-3-22(27)28)14-33-20-9-5-16(6-10-20)13-21-24(30)26-25(31)35-21/h5-12,18,21H,2-4,13-15H2,1H3,(H,27,28)(H,26,30,31). The number of hydrogen-bond acceptors (Lipinski definition) is 8. The molecule has 2 N–H and O–H groups in total. The maximum atomic E-state index is 12.0. The summed E-state index contributed by atoms with van der Waals surface area (Å²) in [6.45, 7) is 0.321. The third-order valence-electron chi connectivity index (χ3n) is 5.37. The molecule has 35 heavy (non-hydrogen) atoms. The first-order chi connectivity index (χ1) is 16.8. The quantitative estimate of drug-likeness (QED) is 0.396. The van der Waals surface area contributed by atoms with E-state index in [1.165, 1.54) is 0 Å². The van der Waals surface area contributed by atoms with Crippen LogP contribution in [0.5, 0.6) is 11.5 Å². The summed E-state index contributed by atoms with van der Waals surface area (Å²) in [5.74, 6) is -0.632.